The van der Waals surface area contributed by atoms with Crippen LogP contribution in [-0.2, 0) is 4.74 Å². The second-order valence-corrected chi connectivity index (χ2v) is 5.30. The van der Waals surface area contributed by atoms with Crippen LogP contribution in [0.2, 0.25) is 0 Å². The third kappa shape index (κ3) is 3.64. The average molecular weight is 300 g/mol. The Kier molecular flexibility index (Phi) is 5.25. The fraction of sp³-hybridized carbons (Fsp3) is 0.500. The van der Waals surface area contributed by atoms with Crippen molar-refractivity contribution < 1.29 is 13.5 Å². The van der Waals surface area contributed by atoms with E-state index in [9.17, 15) is 8.78 Å². The van der Waals surface area contributed by atoms with Crippen molar-refractivity contribution in [1.29, 1.82) is 0 Å². The lowest BCUT2D eigenvalue weighted by Gasteiger charge is -2.22. The van der Waals surface area contributed by atoms with Crippen molar-refractivity contribution in [3.63, 3.8) is 0 Å². The number of ether oxygens (including phenoxy) is 1. The molecule has 0 aromatic heterocycles. The van der Waals surface area contributed by atoms with E-state index >= 15 is 0 Å². The first-order valence-corrected chi connectivity index (χ1v) is 7.13. The zero-order chi connectivity index (χ0) is 14.5. The Bertz CT molecular complexity index is 490. The predicted octanol–water partition coefficient (Wildman–Crippen LogP) is 2.97. The van der Waals surface area contributed by atoms with Gasteiger partial charge < -0.3 is 15.8 Å². The van der Waals surface area contributed by atoms with Gasteiger partial charge in [0, 0.05) is 18.7 Å². The molecule has 0 radical (unpaired) electrons. The second kappa shape index (κ2) is 6.95. The molecule has 6 heteroatoms. The van der Waals surface area contributed by atoms with Crippen molar-refractivity contribution in [3.05, 3.63) is 29.3 Å². The minimum Gasteiger partial charge on any atom is -0.389 e. The van der Waals surface area contributed by atoms with Gasteiger partial charge in [0.15, 0.2) is 11.6 Å². The lowest BCUT2D eigenvalue weighted by Crippen LogP contribution is -2.22. The topological polar surface area (TPSA) is 47.3 Å². The number of hydrogen-bond acceptors (Lipinski definition) is 3. The molecule has 110 valence electrons. The van der Waals surface area contributed by atoms with Gasteiger partial charge in [0.25, 0.3) is 0 Å². The molecule has 3 N–H and O–H groups in total. The summed E-state index contributed by atoms with van der Waals surface area (Å²) in [6.45, 7) is 1.32. The summed E-state index contributed by atoms with van der Waals surface area (Å²) in [5, 5.41) is 2.89. The number of rotatable bonds is 5. The fourth-order valence-corrected chi connectivity index (χ4v) is 2.44. The Labute approximate surface area is 122 Å². The van der Waals surface area contributed by atoms with Crippen molar-refractivity contribution in [2.45, 2.75) is 31.8 Å². The summed E-state index contributed by atoms with van der Waals surface area (Å²) >= 11 is 4.66. The fourth-order valence-electron chi connectivity index (χ4n) is 2.28. The smallest absolute Gasteiger partial charge is 0.182 e. The molecule has 1 aromatic carbocycles. The third-order valence-electron chi connectivity index (χ3n) is 3.40. The van der Waals surface area contributed by atoms with E-state index in [1.54, 1.807) is 0 Å². The third-order valence-corrected chi connectivity index (χ3v) is 3.62. The first-order valence-electron chi connectivity index (χ1n) is 6.73. The molecule has 0 saturated carbocycles. The zero-order valence-electron chi connectivity index (χ0n) is 11.1. The second-order valence-electron chi connectivity index (χ2n) is 4.86. The molecule has 2 rings (SSSR count). The molecule has 0 amide bonds. The maximum Gasteiger partial charge on any atom is 0.182 e. The van der Waals surface area contributed by atoms with E-state index in [1.165, 1.54) is 12.1 Å². The highest BCUT2D eigenvalue weighted by atomic mass is 32.1. The molecule has 1 aliphatic heterocycles. The molecule has 1 aromatic rings. The molecule has 1 saturated heterocycles. The summed E-state index contributed by atoms with van der Waals surface area (Å²) in [7, 11) is 0. The maximum atomic E-state index is 13.8. The minimum absolute atomic E-state index is 0.0707. The van der Waals surface area contributed by atoms with Crippen molar-refractivity contribution >= 4 is 22.9 Å². The summed E-state index contributed by atoms with van der Waals surface area (Å²) in [6, 6.07) is 2.84. The van der Waals surface area contributed by atoms with Crippen LogP contribution < -0.4 is 11.1 Å². The van der Waals surface area contributed by atoms with Gasteiger partial charge in [-0.1, -0.05) is 12.2 Å². The lowest BCUT2D eigenvalue weighted by molar-refractivity contribution is 0.0134. The van der Waals surface area contributed by atoms with Gasteiger partial charge in [-0.2, -0.15) is 0 Å². The number of anilines is 1. The first kappa shape index (κ1) is 15.1. The quantitative estimate of drug-likeness (QED) is 0.821. The van der Waals surface area contributed by atoms with E-state index in [2.05, 4.69) is 17.5 Å². The molecule has 3 nitrogen and oxygen atoms in total. The van der Waals surface area contributed by atoms with Gasteiger partial charge in [-0.3, -0.25) is 0 Å². The number of hydrogen-bond donors (Lipinski definition) is 2. The van der Waals surface area contributed by atoms with Gasteiger partial charge >= 0.3 is 0 Å². The van der Waals surface area contributed by atoms with Gasteiger partial charge in [-0.15, -0.1) is 0 Å². The first-order chi connectivity index (χ1) is 9.59. The van der Waals surface area contributed by atoms with Crippen LogP contribution in [0, 0.1) is 11.6 Å². The van der Waals surface area contributed by atoms with Crippen LogP contribution in [0.15, 0.2) is 12.1 Å². The number of halogens is 2. The van der Waals surface area contributed by atoms with E-state index in [-0.39, 0.29) is 22.3 Å². The molecule has 0 spiro atoms. The minimum atomic E-state index is -1.00. The largest absolute Gasteiger partial charge is 0.389 e. The highest BCUT2D eigenvalue weighted by Gasteiger charge is 2.16. The Hall–Kier alpha value is -1.27. The van der Waals surface area contributed by atoms with Gasteiger partial charge in [-0.25, -0.2) is 8.78 Å². The van der Waals surface area contributed by atoms with Crippen molar-refractivity contribution in [3.8, 4) is 0 Å². The van der Waals surface area contributed by atoms with Gasteiger partial charge in [0.1, 0.15) is 4.99 Å². The van der Waals surface area contributed by atoms with E-state index in [4.69, 9.17) is 10.5 Å². The van der Waals surface area contributed by atoms with Gasteiger partial charge in [0.05, 0.1) is 11.8 Å². The van der Waals surface area contributed by atoms with Crippen molar-refractivity contribution in [2.24, 2.45) is 5.73 Å². The van der Waals surface area contributed by atoms with E-state index in [1.807, 2.05) is 0 Å². The van der Waals surface area contributed by atoms with E-state index in [0.717, 1.165) is 32.3 Å². The SMILES string of the molecule is NC(=S)c1ccc(NCCC2CCCCO2)c(F)c1F. The van der Waals surface area contributed by atoms with Crippen LogP contribution in [0.5, 0.6) is 0 Å². The highest BCUT2D eigenvalue weighted by molar-refractivity contribution is 7.80. The normalized spacial score (nSPS) is 18.8. The zero-order valence-corrected chi connectivity index (χ0v) is 11.9. The summed E-state index contributed by atoms with van der Waals surface area (Å²) in [5.74, 6) is -1.95. The van der Waals surface area contributed by atoms with Gasteiger partial charge in [0.2, 0.25) is 0 Å². The number of benzene rings is 1. The summed E-state index contributed by atoms with van der Waals surface area (Å²) in [4.78, 5) is -0.149. The molecular weight excluding hydrogens is 282 g/mol. The number of nitrogens with two attached hydrogens (primary N) is 1. The molecule has 1 fully saturated rings. The van der Waals surface area contributed by atoms with Crippen LogP contribution in [0.1, 0.15) is 31.2 Å². The molecule has 20 heavy (non-hydrogen) atoms. The Morgan fingerprint density at radius 2 is 2.15 bits per heavy atom. The molecule has 0 aliphatic carbocycles. The van der Waals surface area contributed by atoms with Gasteiger partial charge in [-0.05, 0) is 37.8 Å². The van der Waals surface area contributed by atoms with Crippen molar-refractivity contribution in [2.75, 3.05) is 18.5 Å². The standard InChI is InChI=1S/C14H18F2N2OS/c15-12-10(14(17)20)4-5-11(13(12)16)18-7-6-9-3-1-2-8-19-9/h4-5,9,18H,1-3,6-8H2,(H2,17,20). The number of thiocarbonyl (C=S) groups is 1. The summed E-state index contributed by atoms with van der Waals surface area (Å²) in [5.41, 5.74) is 5.37. The summed E-state index contributed by atoms with van der Waals surface area (Å²) in [6.07, 6.45) is 4.28. The van der Waals surface area contributed by atoms with Crippen LogP contribution >= 0.6 is 12.2 Å². The molecule has 1 atom stereocenters. The van der Waals surface area contributed by atoms with Crippen LogP contribution in [0.25, 0.3) is 0 Å². The van der Waals surface area contributed by atoms with Crippen LogP contribution in [-0.4, -0.2) is 24.2 Å². The average Bonchev–Trinajstić information content (AvgIpc) is 2.44. The molecule has 1 aliphatic rings. The molecule has 0 bridgehead atoms. The van der Waals surface area contributed by atoms with E-state index < -0.39 is 11.6 Å². The maximum absolute atomic E-state index is 13.8. The van der Waals surface area contributed by atoms with Crippen LogP contribution in [0.4, 0.5) is 14.5 Å². The monoisotopic (exact) mass is 300 g/mol. The Morgan fingerprint density at radius 3 is 2.80 bits per heavy atom. The Morgan fingerprint density at radius 1 is 1.35 bits per heavy atom. The molecule has 1 heterocycles. The lowest BCUT2D eigenvalue weighted by atomic mass is 10.1. The van der Waals surface area contributed by atoms with Crippen molar-refractivity contribution in [1.82, 2.24) is 0 Å². The molecule has 1 unspecified atom stereocenters. The predicted molar refractivity (Wildman–Crippen MR) is 78.9 cm³/mol. The Balaban J connectivity index is 1.92. The van der Waals surface area contributed by atoms with Crippen LogP contribution in [0.3, 0.4) is 0 Å². The summed E-state index contributed by atoms with van der Waals surface area (Å²) < 4.78 is 33.1. The molecular formula is C14H18F2N2OS. The van der Waals surface area contributed by atoms with E-state index in [0.29, 0.717) is 6.54 Å². The number of nitrogens with one attached hydrogen (secondary N) is 1. The highest BCUT2D eigenvalue weighted by Crippen LogP contribution is 2.21.